The highest BCUT2D eigenvalue weighted by Gasteiger charge is 2.20. The third-order valence-electron chi connectivity index (χ3n) is 3.91. The number of carbonyl (C=O) groups excluding carboxylic acids is 1. The first-order valence-corrected chi connectivity index (χ1v) is 9.47. The van der Waals surface area contributed by atoms with Gasteiger partial charge in [-0.05, 0) is 30.8 Å². The standard InChI is InChI=1S/C16H21N3OS2/c1-2-19-9-8-13-14(11-19)22-16(17-13)18-15(20)7-3-5-12-6-4-10-21-12/h4,6,10H,2-3,5,7-9,11H2,1H3,(H,17,18,20). The number of aryl methyl sites for hydroxylation is 1. The summed E-state index contributed by atoms with van der Waals surface area (Å²) in [6.07, 6.45) is 3.42. The van der Waals surface area contributed by atoms with Crippen LogP contribution < -0.4 is 5.32 Å². The predicted molar refractivity (Wildman–Crippen MR) is 92.7 cm³/mol. The Morgan fingerprint density at radius 3 is 3.18 bits per heavy atom. The SMILES string of the molecule is CCN1CCc2nc(NC(=O)CCCc3cccs3)sc2C1. The maximum atomic E-state index is 12.0. The molecule has 1 amide bonds. The number of anilines is 1. The number of aromatic nitrogens is 1. The number of likely N-dealkylation sites (N-methyl/N-ethyl adjacent to an activating group) is 1. The van der Waals surface area contributed by atoms with E-state index in [0.717, 1.165) is 44.0 Å². The first kappa shape index (κ1) is 15.6. The number of carbonyl (C=O) groups is 1. The van der Waals surface area contributed by atoms with Crippen molar-refractivity contribution in [3.05, 3.63) is 33.0 Å². The normalized spacial score (nSPS) is 14.8. The number of thiazole rings is 1. The van der Waals surface area contributed by atoms with Gasteiger partial charge in [-0.15, -0.1) is 22.7 Å². The van der Waals surface area contributed by atoms with Crippen molar-refractivity contribution in [1.82, 2.24) is 9.88 Å². The van der Waals surface area contributed by atoms with Gasteiger partial charge in [0.05, 0.1) is 5.69 Å². The zero-order valence-electron chi connectivity index (χ0n) is 12.8. The van der Waals surface area contributed by atoms with Gasteiger partial charge in [0.25, 0.3) is 0 Å². The number of rotatable bonds is 6. The topological polar surface area (TPSA) is 45.2 Å². The second-order valence-corrected chi connectivity index (χ2v) is 7.60. The number of amides is 1. The van der Waals surface area contributed by atoms with Gasteiger partial charge in [0.1, 0.15) is 0 Å². The molecule has 22 heavy (non-hydrogen) atoms. The highest BCUT2D eigenvalue weighted by molar-refractivity contribution is 7.15. The summed E-state index contributed by atoms with van der Waals surface area (Å²) in [5.74, 6) is 0.0787. The van der Waals surface area contributed by atoms with E-state index in [1.54, 1.807) is 22.7 Å². The number of thiophene rings is 1. The second-order valence-electron chi connectivity index (χ2n) is 5.49. The molecule has 0 bridgehead atoms. The molecule has 3 heterocycles. The molecule has 1 aliphatic rings. The van der Waals surface area contributed by atoms with Gasteiger partial charge < -0.3 is 5.32 Å². The van der Waals surface area contributed by atoms with E-state index < -0.39 is 0 Å². The lowest BCUT2D eigenvalue weighted by Crippen LogP contribution is -2.29. The van der Waals surface area contributed by atoms with E-state index in [1.165, 1.54) is 15.4 Å². The first-order valence-electron chi connectivity index (χ1n) is 7.77. The predicted octanol–water partition coefficient (Wildman–Crippen LogP) is 3.54. The lowest BCUT2D eigenvalue weighted by atomic mass is 10.2. The molecular weight excluding hydrogens is 314 g/mol. The smallest absolute Gasteiger partial charge is 0.226 e. The highest BCUT2D eigenvalue weighted by atomic mass is 32.1. The molecular formula is C16H21N3OS2. The van der Waals surface area contributed by atoms with Crippen molar-refractivity contribution >= 4 is 33.7 Å². The van der Waals surface area contributed by atoms with Crippen LogP contribution >= 0.6 is 22.7 Å². The number of hydrogen-bond donors (Lipinski definition) is 1. The van der Waals surface area contributed by atoms with Crippen LogP contribution in [0.15, 0.2) is 17.5 Å². The van der Waals surface area contributed by atoms with E-state index in [4.69, 9.17) is 0 Å². The molecule has 1 N–H and O–H groups in total. The van der Waals surface area contributed by atoms with Gasteiger partial charge in [0, 0.05) is 35.7 Å². The minimum atomic E-state index is 0.0787. The molecule has 0 saturated heterocycles. The van der Waals surface area contributed by atoms with Gasteiger partial charge in [-0.25, -0.2) is 4.98 Å². The van der Waals surface area contributed by atoms with Crippen LogP contribution in [0.3, 0.4) is 0 Å². The van der Waals surface area contributed by atoms with Crippen LogP contribution in [0.5, 0.6) is 0 Å². The highest BCUT2D eigenvalue weighted by Crippen LogP contribution is 2.28. The van der Waals surface area contributed by atoms with E-state index in [-0.39, 0.29) is 5.91 Å². The Hall–Kier alpha value is -1.24. The molecule has 6 heteroatoms. The van der Waals surface area contributed by atoms with E-state index in [0.29, 0.717) is 6.42 Å². The second kappa shape index (κ2) is 7.35. The molecule has 0 aliphatic carbocycles. The Morgan fingerprint density at radius 2 is 2.41 bits per heavy atom. The van der Waals surface area contributed by atoms with Crippen molar-refractivity contribution in [2.24, 2.45) is 0 Å². The summed E-state index contributed by atoms with van der Waals surface area (Å²) < 4.78 is 0. The molecule has 0 saturated carbocycles. The van der Waals surface area contributed by atoms with Crippen LogP contribution in [0.2, 0.25) is 0 Å². The number of nitrogens with zero attached hydrogens (tertiary/aromatic N) is 2. The van der Waals surface area contributed by atoms with Crippen molar-refractivity contribution in [3.63, 3.8) is 0 Å². The van der Waals surface area contributed by atoms with E-state index >= 15 is 0 Å². The Bertz CT molecular complexity index is 621. The van der Waals surface area contributed by atoms with Crippen LogP contribution in [0.1, 0.15) is 35.2 Å². The van der Waals surface area contributed by atoms with Crippen LogP contribution in [0.4, 0.5) is 5.13 Å². The Morgan fingerprint density at radius 1 is 1.50 bits per heavy atom. The molecule has 0 radical (unpaired) electrons. The van der Waals surface area contributed by atoms with Crippen molar-refractivity contribution in [2.75, 3.05) is 18.4 Å². The summed E-state index contributed by atoms with van der Waals surface area (Å²) in [4.78, 5) is 21.7. The van der Waals surface area contributed by atoms with Crippen LogP contribution in [-0.4, -0.2) is 28.9 Å². The van der Waals surface area contributed by atoms with Crippen LogP contribution in [0.25, 0.3) is 0 Å². The summed E-state index contributed by atoms with van der Waals surface area (Å²) in [6, 6.07) is 4.18. The summed E-state index contributed by atoms with van der Waals surface area (Å²) in [6.45, 7) is 5.29. The number of nitrogens with one attached hydrogen (secondary N) is 1. The Labute approximate surface area is 139 Å². The van der Waals surface area contributed by atoms with Crippen LogP contribution in [0, 0.1) is 0 Å². The Balaban J connectivity index is 1.48. The largest absolute Gasteiger partial charge is 0.302 e. The zero-order chi connectivity index (χ0) is 15.4. The maximum Gasteiger partial charge on any atom is 0.226 e. The average Bonchev–Trinajstić information content (AvgIpc) is 3.15. The van der Waals surface area contributed by atoms with Crippen molar-refractivity contribution in [1.29, 1.82) is 0 Å². The minimum absolute atomic E-state index is 0.0787. The monoisotopic (exact) mass is 335 g/mol. The first-order chi connectivity index (χ1) is 10.7. The summed E-state index contributed by atoms with van der Waals surface area (Å²) >= 11 is 3.38. The van der Waals surface area contributed by atoms with Crippen molar-refractivity contribution in [2.45, 2.75) is 39.2 Å². The van der Waals surface area contributed by atoms with Gasteiger partial charge >= 0.3 is 0 Å². The average molecular weight is 335 g/mol. The molecule has 0 spiro atoms. The molecule has 0 fully saturated rings. The molecule has 4 nitrogen and oxygen atoms in total. The van der Waals surface area contributed by atoms with E-state index in [9.17, 15) is 4.79 Å². The van der Waals surface area contributed by atoms with E-state index in [1.807, 2.05) is 0 Å². The quantitative estimate of drug-likeness (QED) is 0.878. The summed E-state index contributed by atoms with van der Waals surface area (Å²) in [5, 5.41) is 5.81. The molecule has 1 aliphatic heterocycles. The fourth-order valence-corrected chi connectivity index (χ4v) is 4.45. The van der Waals surface area contributed by atoms with Gasteiger partial charge in [-0.1, -0.05) is 13.0 Å². The number of hydrogen-bond acceptors (Lipinski definition) is 5. The van der Waals surface area contributed by atoms with Gasteiger partial charge in [0.2, 0.25) is 5.91 Å². The Kier molecular flexibility index (Phi) is 5.23. The third kappa shape index (κ3) is 3.94. The van der Waals surface area contributed by atoms with Crippen LogP contribution in [-0.2, 0) is 24.2 Å². The number of fused-ring (bicyclic) bond motifs is 1. The summed E-state index contributed by atoms with van der Waals surface area (Å²) in [7, 11) is 0. The van der Waals surface area contributed by atoms with Crippen molar-refractivity contribution < 1.29 is 4.79 Å². The molecule has 0 aromatic carbocycles. The lowest BCUT2D eigenvalue weighted by molar-refractivity contribution is -0.116. The van der Waals surface area contributed by atoms with E-state index in [2.05, 4.69) is 39.6 Å². The molecule has 0 unspecified atom stereocenters. The molecule has 2 aromatic heterocycles. The summed E-state index contributed by atoms with van der Waals surface area (Å²) in [5.41, 5.74) is 1.17. The molecule has 118 valence electrons. The maximum absolute atomic E-state index is 12.0. The molecule has 2 aromatic rings. The van der Waals surface area contributed by atoms with Gasteiger partial charge in [-0.2, -0.15) is 0 Å². The van der Waals surface area contributed by atoms with Gasteiger partial charge in [-0.3, -0.25) is 9.69 Å². The van der Waals surface area contributed by atoms with Crippen molar-refractivity contribution in [3.8, 4) is 0 Å². The lowest BCUT2D eigenvalue weighted by Gasteiger charge is -2.23. The fraction of sp³-hybridized carbons (Fsp3) is 0.500. The molecule has 3 rings (SSSR count). The van der Waals surface area contributed by atoms with Gasteiger partial charge in [0.15, 0.2) is 5.13 Å². The fourth-order valence-electron chi connectivity index (χ4n) is 2.63. The third-order valence-corrected chi connectivity index (χ3v) is 5.84. The zero-order valence-corrected chi connectivity index (χ0v) is 14.4. The minimum Gasteiger partial charge on any atom is -0.302 e. The molecule has 0 atom stereocenters.